The zero-order chi connectivity index (χ0) is 24.6. The lowest BCUT2D eigenvalue weighted by Gasteiger charge is -2.24. The molecule has 0 aliphatic carbocycles. The van der Waals surface area contributed by atoms with Gasteiger partial charge in [0.05, 0.1) is 18.2 Å². The van der Waals surface area contributed by atoms with Gasteiger partial charge in [0, 0.05) is 0 Å². The Hall–Kier alpha value is -3.80. The summed E-state index contributed by atoms with van der Waals surface area (Å²) in [6, 6.07) is 24.0. The van der Waals surface area contributed by atoms with Crippen LogP contribution >= 0.6 is 0 Å². The third-order valence-electron chi connectivity index (χ3n) is 4.86. The standard InChI is InChI=1S/C28H31NO5/c1-5-32-26(30)22-16-14-20(15-17-22)19-33-24-13-9-12-23(18-24)25(21-10-7-6-8-11-21)29-27(31)34-28(2,3)4/h6-18,25H,5,19H2,1-4H3,(H,29,31)/t25-/m0/s1. The maximum absolute atomic E-state index is 12.5. The summed E-state index contributed by atoms with van der Waals surface area (Å²) in [7, 11) is 0. The van der Waals surface area contributed by atoms with Crippen LogP contribution in [0.2, 0.25) is 0 Å². The predicted octanol–water partition coefficient (Wildman–Crippen LogP) is 6.06. The van der Waals surface area contributed by atoms with Crippen molar-refractivity contribution >= 4 is 12.1 Å². The van der Waals surface area contributed by atoms with Crippen molar-refractivity contribution < 1.29 is 23.8 Å². The van der Waals surface area contributed by atoms with Gasteiger partial charge >= 0.3 is 12.1 Å². The zero-order valence-electron chi connectivity index (χ0n) is 20.0. The number of carbonyl (C=O) groups is 2. The van der Waals surface area contributed by atoms with Crippen molar-refractivity contribution in [2.75, 3.05) is 6.61 Å². The molecule has 3 aromatic rings. The van der Waals surface area contributed by atoms with E-state index >= 15 is 0 Å². The van der Waals surface area contributed by atoms with E-state index in [9.17, 15) is 9.59 Å². The van der Waals surface area contributed by atoms with Crippen molar-refractivity contribution in [1.29, 1.82) is 0 Å². The Bertz CT molecular complexity index is 1090. The number of alkyl carbamates (subject to hydrolysis) is 1. The van der Waals surface area contributed by atoms with Crippen LogP contribution in [0.15, 0.2) is 78.9 Å². The summed E-state index contributed by atoms with van der Waals surface area (Å²) in [5.74, 6) is 0.325. The second-order valence-corrected chi connectivity index (χ2v) is 8.77. The first-order chi connectivity index (χ1) is 16.2. The van der Waals surface area contributed by atoms with E-state index in [0.29, 0.717) is 24.5 Å². The van der Waals surface area contributed by atoms with Gasteiger partial charge in [-0.15, -0.1) is 0 Å². The van der Waals surface area contributed by atoms with Crippen LogP contribution in [-0.4, -0.2) is 24.3 Å². The van der Waals surface area contributed by atoms with Gasteiger partial charge < -0.3 is 19.5 Å². The van der Waals surface area contributed by atoms with Crippen molar-refractivity contribution in [3.8, 4) is 5.75 Å². The Kier molecular flexibility index (Phi) is 8.30. The van der Waals surface area contributed by atoms with E-state index in [0.717, 1.165) is 16.7 Å². The molecule has 1 amide bonds. The predicted molar refractivity (Wildman–Crippen MR) is 131 cm³/mol. The highest BCUT2D eigenvalue weighted by atomic mass is 16.6. The minimum absolute atomic E-state index is 0.335. The molecular weight excluding hydrogens is 430 g/mol. The molecule has 1 atom stereocenters. The molecule has 1 N–H and O–H groups in total. The van der Waals surface area contributed by atoms with E-state index in [1.165, 1.54) is 0 Å². The molecule has 0 saturated heterocycles. The average Bonchev–Trinajstić information content (AvgIpc) is 2.81. The van der Waals surface area contributed by atoms with Crippen LogP contribution in [0.5, 0.6) is 5.75 Å². The third-order valence-corrected chi connectivity index (χ3v) is 4.86. The van der Waals surface area contributed by atoms with Gasteiger partial charge in [-0.05, 0) is 68.7 Å². The number of esters is 1. The number of nitrogens with one attached hydrogen (secondary N) is 1. The molecule has 34 heavy (non-hydrogen) atoms. The summed E-state index contributed by atoms with van der Waals surface area (Å²) in [4.78, 5) is 24.3. The largest absolute Gasteiger partial charge is 0.489 e. The Balaban J connectivity index is 1.74. The number of benzene rings is 3. The van der Waals surface area contributed by atoms with Gasteiger partial charge in [-0.2, -0.15) is 0 Å². The number of carbonyl (C=O) groups excluding carboxylic acids is 2. The second kappa shape index (κ2) is 11.4. The fourth-order valence-corrected chi connectivity index (χ4v) is 3.33. The van der Waals surface area contributed by atoms with E-state index in [4.69, 9.17) is 14.2 Å². The lowest BCUT2D eigenvalue weighted by molar-refractivity contribution is 0.0506. The maximum Gasteiger partial charge on any atom is 0.408 e. The average molecular weight is 462 g/mol. The fraction of sp³-hybridized carbons (Fsp3) is 0.286. The van der Waals surface area contributed by atoms with Crippen molar-refractivity contribution in [1.82, 2.24) is 5.32 Å². The summed E-state index contributed by atoms with van der Waals surface area (Å²) < 4.78 is 16.5. The quantitative estimate of drug-likeness (QED) is 0.413. The van der Waals surface area contributed by atoms with Crippen LogP contribution in [-0.2, 0) is 16.1 Å². The molecule has 0 radical (unpaired) electrons. The summed E-state index contributed by atoms with van der Waals surface area (Å²) in [5.41, 5.74) is 2.63. The Morgan fingerprint density at radius 3 is 2.21 bits per heavy atom. The topological polar surface area (TPSA) is 73.9 Å². The molecule has 3 aromatic carbocycles. The van der Waals surface area contributed by atoms with Crippen LogP contribution in [0.1, 0.15) is 60.8 Å². The Labute approximate surface area is 200 Å². The summed E-state index contributed by atoms with van der Waals surface area (Å²) in [5, 5.41) is 2.97. The number of hydrogen-bond acceptors (Lipinski definition) is 5. The van der Waals surface area contributed by atoms with Gasteiger partial charge in [0.25, 0.3) is 0 Å². The van der Waals surface area contributed by atoms with Gasteiger partial charge in [-0.25, -0.2) is 9.59 Å². The lowest BCUT2D eigenvalue weighted by Crippen LogP contribution is -2.35. The molecule has 6 nitrogen and oxygen atoms in total. The van der Waals surface area contributed by atoms with Crippen molar-refractivity contribution in [3.63, 3.8) is 0 Å². The molecule has 0 bridgehead atoms. The first-order valence-electron chi connectivity index (χ1n) is 11.3. The summed E-state index contributed by atoms with van der Waals surface area (Å²) in [6.45, 7) is 7.95. The number of rotatable bonds is 8. The lowest BCUT2D eigenvalue weighted by atomic mass is 9.98. The smallest absolute Gasteiger partial charge is 0.408 e. The number of ether oxygens (including phenoxy) is 3. The molecule has 0 aromatic heterocycles. The molecule has 3 rings (SSSR count). The molecule has 0 aliphatic heterocycles. The zero-order valence-corrected chi connectivity index (χ0v) is 20.0. The maximum atomic E-state index is 12.5. The first-order valence-corrected chi connectivity index (χ1v) is 11.3. The number of amides is 1. The van der Waals surface area contributed by atoms with Gasteiger partial charge in [0.15, 0.2) is 0 Å². The molecule has 0 heterocycles. The summed E-state index contributed by atoms with van der Waals surface area (Å²) in [6.07, 6.45) is -0.491. The Morgan fingerprint density at radius 2 is 1.56 bits per heavy atom. The minimum atomic E-state index is -0.598. The van der Waals surface area contributed by atoms with Gasteiger partial charge in [-0.1, -0.05) is 54.6 Å². The molecule has 0 spiro atoms. The van der Waals surface area contributed by atoms with Gasteiger partial charge in [0.2, 0.25) is 0 Å². The van der Waals surface area contributed by atoms with Crippen LogP contribution in [0.25, 0.3) is 0 Å². The van der Waals surface area contributed by atoms with Crippen molar-refractivity contribution in [2.24, 2.45) is 0 Å². The van der Waals surface area contributed by atoms with Crippen LogP contribution in [0.4, 0.5) is 4.79 Å². The van der Waals surface area contributed by atoms with Gasteiger partial charge in [-0.3, -0.25) is 0 Å². The summed E-state index contributed by atoms with van der Waals surface area (Å²) >= 11 is 0. The highest BCUT2D eigenvalue weighted by Gasteiger charge is 2.22. The van der Waals surface area contributed by atoms with E-state index < -0.39 is 17.7 Å². The highest BCUT2D eigenvalue weighted by molar-refractivity contribution is 5.89. The van der Waals surface area contributed by atoms with Crippen LogP contribution < -0.4 is 10.1 Å². The van der Waals surface area contributed by atoms with Gasteiger partial charge in [0.1, 0.15) is 18.0 Å². The van der Waals surface area contributed by atoms with E-state index in [2.05, 4.69) is 5.32 Å². The minimum Gasteiger partial charge on any atom is -0.489 e. The second-order valence-electron chi connectivity index (χ2n) is 8.77. The van der Waals surface area contributed by atoms with E-state index in [-0.39, 0.29) is 5.97 Å². The third kappa shape index (κ3) is 7.37. The molecular formula is C28H31NO5. The molecule has 6 heteroatoms. The fourth-order valence-electron chi connectivity index (χ4n) is 3.33. The molecule has 0 unspecified atom stereocenters. The normalized spacial score (nSPS) is 11.9. The molecule has 178 valence electrons. The number of hydrogen-bond donors (Lipinski definition) is 1. The van der Waals surface area contributed by atoms with E-state index in [1.54, 1.807) is 19.1 Å². The first kappa shape index (κ1) is 24.8. The Morgan fingerprint density at radius 1 is 0.882 bits per heavy atom. The molecule has 0 saturated carbocycles. The van der Waals surface area contributed by atoms with Crippen LogP contribution in [0.3, 0.4) is 0 Å². The SMILES string of the molecule is CCOC(=O)c1ccc(COc2cccc([C@@H](NC(=O)OC(C)(C)C)c3ccccc3)c2)cc1. The van der Waals surface area contributed by atoms with Crippen molar-refractivity contribution in [3.05, 3.63) is 101 Å². The van der Waals surface area contributed by atoms with Crippen LogP contribution in [0, 0.1) is 0 Å². The monoisotopic (exact) mass is 461 g/mol. The molecule has 0 aliphatic rings. The van der Waals surface area contributed by atoms with E-state index in [1.807, 2.05) is 87.5 Å². The highest BCUT2D eigenvalue weighted by Crippen LogP contribution is 2.26. The molecule has 0 fully saturated rings. The van der Waals surface area contributed by atoms with Crippen molar-refractivity contribution in [2.45, 2.75) is 45.9 Å².